The lowest BCUT2D eigenvalue weighted by atomic mass is 9.83. The van der Waals surface area contributed by atoms with Gasteiger partial charge in [0.25, 0.3) is 5.69 Å². The number of aromatic nitrogens is 1. The average Bonchev–Trinajstić information content (AvgIpc) is 2.66. The van der Waals surface area contributed by atoms with Crippen molar-refractivity contribution in [1.82, 2.24) is 4.98 Å². The Morgan fingerprint density at radius 2 is 1.50 bits per heavy atom. The van der Waals surface area contributed by atoms with Gasteiger partial charge in [0.15, 0.2) is 5.78 Å². The van der Waals surface area contributed by atoms with Crippen molar-refractivity contribution in [3.63, 3.8) is 0 Å². The van der Waals surface area contributed by atoms with E-state index in [1.807, 2.05) is 0 Å². The Balaban J connectivity index is 1.97. The van der Waals surface area contributed by atoms with E-state index in [-0.39, 0.29) is 39.1 Å². The third-order valence-electron chi connectivity index (χ3n) is 4.26. The van der Waals surface area contributed by atoms with Crippen LogP contribution < -0.4 is 0 Å². The number of benzene rings is 2. The molecule has 0 unspecified atom stereocenters. The molecule has 0 saturated heterocycles. The quantitative estimate of drug-likeness (QED) is 0.395. The van der Waals surface area contributed by atoms with Gasteiger partial charge >= 0.3 is 0 Å². The normalized spacial score (nSPS) is 12.5. The van der Waals surface area contributed by atoms with Crippen molar-refractivity contribution in [1.29, 1.82) is 0 Å². The lowest BCUT2D eigenvalue weighted by Gasteiger charge is -2.20. The van der Waals surface area contributed by atoms with Crippen LogP contribution in [-0.2, 0) is 0 Å². The molecule has 0 atom stereocenters. The molecule has 126 valence electrons. The standard InChI is InChI=1S/C19H9ClN2O4/c20-14-9-21-17-16(15(14)10-5-7-11(8-6-10)22(25)26)18(23)12-3-1-2-4-13(12)19(17)24/h1-9H. The molecule has 0 amide bonds. The van der Waals surface area contributed by atoms with Crippen molar-refractivity contribution in [2.75, 3.05) is 0 Å². The van der Waals surface area contributed by atoms with Gasteiger partial charge in [-0.2, -0.15) is 0 Å². The summed E-state index contributed by atoms with van der Waals surface area (Å²) >= 11 is 6.28. The minimum Gasteiger partial charge on any atom is -0.288 e. The number of hydrogen-bond acceptors (Lipinski definition) is 5. The molecule has 1 aromatic heterocycles. The van der Waals surface area contributed by atoms with Crippen LogP contribution in [0.1, 0.15) is 32.0 Å². The highest BCUT2D eigenvalue weighted by atomic mass is 35.5. The lowest BCUT2D eigenvalue weighted by Crippen LogP contribution is -2.23. The van der Waals surface area contributed by atoms with E-state index < -0.39 is 4.92 Å². The number of nitro benzene ring substituents is 1. The topological polar surface area (TPSA) is 90.2 Å². The van der Waals surface area contributed by atoms with Crippen molar-refractivity contribution >= 4 is 28.9 Å². The maximum Gasteiger partial charge on any atom is 0.269 e. The number of nitro groups is 1. The molecule has 0 aliphatic heterocycles. The fraction of sp³-hybridized carbons (Fsp3) is 0. The van der Waals surface area contributed by atoms with E-state index in [0.29, 0.717) is 16.7 Å². The summed E-state index contributed by atoms with van der Waals surface area (Å²) in [5.41, 5.74) is 1.51. The highest BCUT2D eigenvalue weighted by Gasteiger charge is 2.34. The average molecular weight is 365 g/mol. The zero-order chi connectivity index (χ0) is 18.4. The molecule has 1 aliphatic carbocycles. The van der Waals surface area contributed by atoms with Gasteiger partial charge in [0.05, 0.1) is 15.5 Å². The summed E-state index contributed by atoms with van der Waals surface area (Å²) in [6.07, 6.45) is 1.32. The maximum atomic E-state index is 13.0. The summed E-state index contributed by atoms with van der Waals surface area (Å²) < 4.78 is 0. The number of carbonyl (C=O) groups excluding carboxylic acids is 2. The van der Waals surface area contributed by atoms with Gasteiger partial charge in [-0.15, -0.1) is 0 Å². The third kappa shape index (κ3) is 2.31. The Hall–Kier alpha value is -3.38. The molecule has 3 aromatic rings. The molecular weight excluding hydrogens is 356 g/mol. The van der Waals surface area contributed by atoms with Gasteiger partial charge in [0.1, 0.15) is 5.69 Å². The van der Waals surface area contributed by atoms with E-state index in [1.165, 1.54) is 30.5 Å². The summed E-state index contributed by atoms with van der Waals surface area (Å²) in [5.74, 6) is -0.700. The van der Waals surface area contributed by atoms with Crippen LogP contribution in [0.15, 0.2) is 54.7 Å². The Morgan fingerprint density at radius 1 is 0.885 bits per heavy atom. The molecule has 6 nitrogen and oxygen atoms in total. The van der Waals surface area contributed by atoms with Gasteiger partial charge in [0, 0.05) is 35.0 Å². The first-order valence-corrected chi connectivity index (χ1v) is 7.98. The number of non-ortho nitro benzene ring substituents is 1. The molecule has 0 fully saturated rings. The van der Waals surface area contributed by atoms with Crippen LogP contribution in [0.5, 0.6) is 0 Å². The minimum absolute atomic E-state index is 0.0338. The number of ketones is 2. The van der Waals surface area contributed by atoms with Crippen molar-refractivity contribution in [3.05, 3.63) is 92.2 Å². The SMILES string of the molecule is O=C1c2ccccc2C(=O)c2c1ncc(Cl)c2-c1ccc([N+](=O)[O-])cc1. The molecule has 26 heavy (non-hydrogen) atoms. The number of nitrogens with zero attached hydrogens (tertiary/aromatic N) is 2. The zero-order valence-corrected chi connectivity index (χ0v) is 13.9. The second-order valence-corrected chi connectivity index (χ2v) is 6.12. The Labute approximate surface area is 152 Å². The maximum absolute atomic E-state index is 13.0. The minimum atomic E-state index is -0.516. The first-order chi connectivity index (χ1) is 12.5. The van der Waals surface area contributed by atoms with E-state index in [4.69, 9.17) is 11.6 Å². The van der Waals surface area contributed by atoms with Gasteiger partial charge < -0.3 is 0 Å². The summed E-state index contributed by atoms with van der Waals surface area (Å²) in [4.78, 5) is 40.2. The third-order valence-corrected chi connectivity index (χ3v) is 4.54. The second-order valence-electron chi connectivity index (χ2n) is 5.71. The summed E-state index contributed by atoms with van der Waals surface area (Å²) in [7, 11) is 0. The monoisotopic (exact) mass is 364 g/mol. The summed E-state index contributed by atoms with van der Waals surface area (Å²) in [5, 5.41) is 11.0. The highest BCUT2D eigenvalue weighted by molar-refractivity contribution is 6.37. The highest BCUT2D eigenvalue weighted by Crippen LogP contribution is 2.38. The number of pyridine rings is 1. The molecule has 1 aliphatic rings. The first-order valence-electron chi connectivity index (χ1n) is 7.61. The number of halogens is 1. The van der Waals surface area contributed by atoms with Crippen LogP contribution in [0, 0.1) is 10.1 Å². The van der Waals surface area contributed by atoms with E-state index in [9.17, 15) is 19.7 Å². The molecule has 0 N–H and O–H groups in total. The van der Waals surface area contributed by atoms with E-state index in [0.717, 1.165) is 0 Å². The second kappa shape index (κ2) is 5.86. The smallest absolute Gasteiger partial charge is 0.269 e. The van der Waals surface area contributed by atoms with E-state index >= 15 is 0 Å². The van der Waals surface area contributed by atoms with Crippen molar-refractivity contribution in [3.8, 4) is 11.1 Å². The number of rotatable bonds is 2. The molecule has 0 radical (unpaired) electrons. The fourth-order valence-corrected chi connectivity index (χ4v) is 3.31. The lowest BCUT2D eigenvalue weighted by molar-refractivity contribution is -0.384. The van der Waals surface area contributed by atoms with Gasteiger partial charge in [-0.25, -0.2) is 0 Å². The van der Waals surface area contributed by atoms with Crippen LogP contribution in [0.2, 0.25) is 5.02 Å². The molecule has 2 aromatic carbocycles. The van der Waals surface area contributed by atoms with Gasteiger partial charge in [-0.3, -0.25) is 24.7 Å². The largest absolute Gasteiger partial charge is 0.288 e. The number of fused-ring (bicyclic) bond motifs is 2. The van der Waals surface area contributed by atoms with Gasteiger partial charge in [-0.05, 0) is 17.7 Å². The number of carbonyl (C=O) groups is 2. The molecule has 0 spiro atoms. The fourth-order valence-electron chi connectivity index (χ4n) is 3.05. The molecular formula is C19H9ClN2O4. The Morgan fingerprint density at radius 3 is 2.12 bits per heavy atom. The van der Waals surface area contributed by atoms with Crippen LogP contribution in [0.4, 0.5) is 5.69 Å². The van der Waals surface area contributed by atoms with Crippen molar-refractivity contribution < 1.29 is 14.5 Å². The van der Waals surface area contributed by atoms with Crippen LogP contribution in [-0.4, -0.2) is 21.5 Å². The predicted molar refractivity (Wildman–Crippen MR) is 94.6 cm³/mol. The molecule has 7 heteroatoms. The molecule has 1 heterocycles. The van der Waals surface area contributed by atoms with E-state index in [1.54, 1.807) is 24.3 Å². The first kappa shape index (κ1) is 16.1. The summed E-state index contributed by atoms with van der Waals surface area (Å²) in [6.45, 7) is 0. The van der Waals surface area contributed by atoms with Crippen LogP contribution in [0.25, 0.3) is 11.1 Å². The van der Waals surface area contributed by atoms with Crippen LogP contribution in [0.3, 0.4) is 0 Å². The Kier molecular flexibility index (Phi) is 3.63. The molecule has 0 saturated carbocycles. The summed E-state index contributed by atoms with van der Waals surface area (Å²) in [6, 6.07) is 12.2. The van der Waals surface area contributed by atoms with Gasteiger partial charge in [-0.1, -0.05) is 35.9 Å². The van der Waals surface area contributed by atoms with E-state index in [2.05, 4.69) is 4.98 Å². The predicted octanol–water partition coefficient (Wildman–Crippen LogP) is 4.09. The molecule has 0 bridgehead atoms. The molecule has 4 rings (SSSR count). The zero-order valence-electron chi connectivity index (χ0n) is 13.1. The van der Waals surface area contributed by atoms with Crippen molar-refractivity contribution in [2.24, 2.45) is 0 Å². The van der Waals surface area contributed by atoms with Gasteiger partial charge in [0.2, 0.25) is 5.78 Å². The number of hydrogen-bond donors (Lipinski definition) is 0. The Bertz CT molecular complexity index is 1110. The van der Waals surface area contributed by atoms with Crippen LogP contribution >= 0.6 is 11.6 Å². The van der Waals surface area contributed by atoms with Crippen molar-refractivity contribution in [2.45, 2.75) is 0 Å².